The molecule has 0 atom stereocenters. The molecular formula is C25H21FN10O. The number of anilines is 1. The van der Waals surface area contributed by atoms with E-state index in [9.17, 15) is 4.79 Å². The molecule has 6 heterocycles. The summed E-state index contributed by atoms with van der Waals surface area (Å²) in [6, 6.07) is 3.51. The number of carbonyl (C=O) groups is 1. The lowest BCUT2D eigenvalue weighted by molar-refractivity contribution is -0.116. The fourth-order valence-electron chi connectivity index (χ4n) is 4.21. The minimum absolute atomic E-state index is 0.128. The average molecular weight is 497 g/mol. The lowest BCUT2D eigenvalue weighted by Gasteiger charge is -2.08. The van der Waals surface area contributed by atoms with Crippen LogP contribution in [0.4, 0.5) is 10.1 Å². The molecule has 0 bridgehead atoms. The van der Waals surface area contributed by atoms with E-state index in [2.05, 4.69) is 45.4 Å². The molecule has 3 N–H and O–H groups in total. The minimum atomic E-state index is -0.536. The predicted octanol–water partition coefficient (Wildman–Crippen LogP) is 4.33. The van der Waals surface area contributed by atoms with Gasteiger partial charge in [-0.1, -0.05) is 6.92 Å². The lowest BCUT2D eigenvalue weighted by Crippen LogP contribution is -2.10. The molecule has 0 aliphatic carbocycles. The van der Waals surface area contributed by atoms with Crippen molar-refractivity contribution in [2.45, 2.75) is 26.7 Å². The smallest absolute Gasteiger partial charge is 0.224 e. The third kappa shape index (κ3) is 3.97. The van der Waals surface area contributed by atoms with Gasteiger partial charge in [-0.25, -0.2) is 24.3 Å². The van der Waals surface area contributed by atoms with Crippen molar-refractivity contribution in [3.05, 3.63) is 61.0 Å². The first-order valence-electron chi connectivity index (χ1n) is 11.7. The second-order valence-electron chi connectivity index (χ2n) is 8.58. The van der Waals surface area contributed by atoms with E-state index in [0.717, 1.165) is 17.8 Å². The van der Waals surface area contributed by atoms with Crippen LogP contribution in [-0.4, -0.2) is 50.6 Å². The zero-order valence-corrected chi connectivity index (χ0v) is 19.9. The molecule has 12 heteroatoms. The number of carbonyl (C=O) groups excluding carboxylic acids is 1. The van der Waals surface area contributed by atoms with Crippen molar-refractivity contribution in [2.75, 3.05) is 5.32 Å². The zero-order valence-electron chi connectivity index (χ0n) is 19.9. The highest BCUT2D eigenvalue weighted by molar-refractivity contribution is 5.95. The van der Waals surface area contributed by atoms with Crippen LogP contribution >= 0.6 is 0 Å². The number of amides is 1. The Morgan fingerprint density at radius 2 is 2.05 bits per heavy atom. The molecule has 0 radical (unpaired) electrons. The van der Waals surface area contributed by atoms with Gasteiger partial charge in [0.05, 0.1) is 35.0 Å². The number of H-pyrrole nitrogens is 2. The van der Waals surface area contributed by atoms with Gasteiger partial charge in [-0.3, -0.25) is 14.9 Å². The molecule has 0 aromatic carbocycles. The average Bonchev–Trinajstić information content (AvgIpc) is 3.62. The van der Waals surface area contributed by atoms with Crippen molar-refractivity contribution in [2.24, 2.45) is 0 Å². The first kappa shape index (κ1) is 22.5. The van der Waals surface area contributed by atoms with Gasteiger partial charge in [0.2, 0.25) is 5.91 Å². The first-order chi connectivity index (χ1) is 18.0. The van der Waals surface area contributed by atoms with Crippen LogP contribution < -0.4 is 5.32 Å². The number of nitrogens with one attached hydrogen (secondary N) is 3. The summed E-state index contributed by atoms with van der Waals surface area (Å²) in [6.07, 6.45) is 10.8. The number of hydrogen-bond acceptors (Lipinski definition) is 7. The Morgan fingerprint density at radius 3 is 2.86 bits per heavy atom. The van der Waals surface area contributed by atoms with Crippen molar-refractivity contribution in [3.8, 4) is 28.3 Å². The van der Waals surface area contributed by atoms with Crippen LogP contribution in [0.3, 0.4) is 0 Å². The first-order valence-corrected chi connectivity index (χ1v) is 11.7. The monoisotopic (exact) mass is 496 g/mol. The van der Waals surface area contributed by atoms with E-state index in [-0.39, 0.29) is 22.5 Å². The third-order valence-corrected chi connectivity index (χ3v) is 5.93. The SMILES string of the molecule is CCCC(=O)Nc1cncc(-c2cnc3n[nH]c(-c4nc5nccc(-n6cnc(C)c6)c5[nH]4)c3c2F)c1. The fourth-order valence-corrected chi connectivity index (χ4v) is 4.21. The maximum atomic E-state index is 16.0. The molecular weight excluding hydrogens is 475 g/mol. The lowest BCUT2D eigenvalue weighted by atomic mass is 10.1. The van der Waals surface area contributed by atoms with E-state index in [1.807, 2.05) is 30.7 Å². The Morgan fingerprint density at radius 1 is 1.16 bits per heavy atom. The minimum Gasteiger partial charge on any atom is -0.334 e. The summed E-state index contributed by atoms with van der Waals surface area (Å²) in [4.78, 5) is 37.0. The summed E-state index contributed by atoms with van der Waals surface area (Å²) in [5, 5.41) is 10.0. The van der Waals surface area contributed by atoms with Crippen molar-refractivity contribution >= 4 is 33.8 Å². The largest absolute Gasteiger partial charge is 0.334 e. The van der Waals surface area contributed by atoms with Crippen LogP contribution in [0.25, 0.3) is 50.5 Å². The number of nitrogens with zero attached hydrogens (tertiary/aromatic N) is 7. The van der Waals surface area contributed by atoms with Gasteiger partial charge in [-0.05, 0) is 25.5 Å². The number of halogens is 1. The van der Waals surface area contributed by atoms with Gasteiger partial charge in [0, 0.05) is 42.3 Å². The Bertz CT molecular complexity index is 1780. The van der Waals surface area contributed by atoms with Gasteiger partial charge >= 0.3 is 0 Å². The second-order valence-corrected chi connectivity index (χ2v) is 8.58. The molecule has 184 valence electrons. The van der Waals surface area contributed by atoms with Gasteiger partial charge in [0.15, 0.2) is 17.1 Å². The summed E-state index contributed by atoms with van der Waals surface area (Å²) in [6.45, 7) is 3.83. The number of imidazole rings is 2. The van der Waals surface area contributed by atoms with Crippen LogP contribution in [0.2, 0.25) is 0 Å². The summed E-state index contributed by atoms with van der Waals surface area (Å²) in [5.74, 6) is -0.298. The number of pyridine rings is 3. The van der Waals surface area contributed by atoms with Gasteiger partial charge in [-0.2, -0.15) is 5.10 Å². The zero-order chi connectivity index (χ0) is 25.5. The molecule has 6 aromatic rings. The highest BCUT2D eigenvalue weighted by Crippen LogP contribution is 2.33. The van der Waals surface area contributed by atoms with Crippen molar-refractivity contribution in [3.63, 3.8) is 0 Å². The third-order valence-electron chi connectivity index (χ3n) is 5.93. The molecule has 0 saturated carbocycles. The molecule has 6 aromatic heterocycles. The Hall–Kier alpha value is -5.00. The summed E-state index contributed by atoms with van der Waals surface area (Å²) in [5.41, 5.74) is 4.52. The molecule has 37 heavy (non-hydrogen) atoms. The number of rotatable bonds is 6. The van der Waals surface area contributed by atoms with E-state index in [1.54, 1.807) is 18.6 Å². The van der Waals surface area contributed by atoms with Crippen LogP contribution in [0, 0.1) is 12.7 Å². The highest BCUT2D eigenvalue weighted by atomic mass is 19.1. The quantitative estimate of drug-likeness (QED) is 0.311. The molecule has 6 rings (SSSR count). The molecule has 0 fully saturated rings. The Balaban J connectivity index is 1.44. The summed E-state index contributed by atoms with van der Waals surface area (Å²) in [7, 11) is 0. The standard InChI is InChI=1S/C25H21FN10O/c1-3-4-18(37)31-15-7-14(8-27-9-15)16-10-29-23-19(20(16)26)22(34-35-23)25-32-21-17(5-6-28-24(21)33-25)36-11-13(2)30-12-36/h5-12H,3-4H2,1-2H3,(H,31,37)(H,28,32,33)(H,29,34,35). The van der Waals surface area contributed by atoms with Gasteiger partial charge in [-0.15, -0.1) is 0 Å². The van der Waals surface area contributed by atoms with Gasteiger partial charge in [0.25, 0.3) is 0 Å². The fraction of sp³-hybridized carbons (Fsp3) is 0.160. The van der Waals surface area contributed by atoms with Crippen LogP contribution in [-0.2, 0) is 4.79 Å². The number of hydrogen-bond donors (Lipinski definition) is 3. The molecule has 0 saturated heterocycles. The molecule has 0 unspecified atom stereocenters. The molecule has 0 aliphatic rings. The van der Waals surface area contributed by atoms with Gasteiger partial charge in [0.1, 0.15) is 17.0 Å². The van der Waals surface area contributed by atoms with Crippen molar-refractivity contribution in [1.29, 1.82) is 0 Å². The topological polar surface area (TPSA) is 143 Å². The van der Waals surface area contributed by atoms with Crippen LogP contribution in [0.1, 0.15) is 25.5 Å². The molecule has 1 amide bonds. The van der Waals surface area contributed by atoms with Crippen LogP contribution in [0.15, 0.2) is 49.4 Å². The second kappa shape index (κ2) is 8.90. The molecule has 0 aliphatic heterocycles. The maximum Gasteiger partial charge on any atom is 0.224 e. The maximum absolute atomic E-state index is 16.0. The Labute approximate surface area is 209 Å². The highest BCUT2D eigenvalue weighted by Gasteiger charge is 2.21. The summed E-state index contributed by atoms with van der Waals surface area (Å²) >= 11 is 0. The van der Waals surface area contributed by atoms with Crippen LogP contribution in [0.5, 0.6) is 0 Å². The van der Waals surface area contributed by atoms with Crippen molar-refractivity contribution < 1.29 is 9.18 Å². The number of aromatic amines is 2. The van der Waals surface area contributed by atoms with E-state index < -0.39 is 5.82 Å². The summed E-state index contributed by atoms with van der Waals surface area (Å²) < 4.78 is 17.8. The Kier molecular flexibility index (Phi) is 5.40. The number of aromatic nitrogens is 9. The van der Waals surface area contributed by atoms with Crippen molar-refractivity contribution in [1.82, 2.24) is 44.7 Å². The number of aryl methyl sites for hydroxylation is 1. The number of fused-ring (bicyclic) bond motifs is 2. The van der Waals surface area contributed by atoms with E-state index in [4.69, 9.17) is 0 Å². The normalized spacial score (nSPS) is 11.4. The predicted molar refractivity (Wildman–Crippen MR) is 135 cm³/mol. The van der Waals surface area contributed by atoms with E-state index in [1.165, 1.54) is 18.6 Å². The van der Waals surface area contributed by atoms with Gasteiger partial charge < -0.3 is 14.9 Å². The van der Waals surface area contributed by atoms with E-state index in [0.29, 0.717) is 40.4 Å². The molecule has 0 spiro atoms. The van der Waals surface area contributed by atoms with E-state index >= 15 is 4.39 Å². The molecule has 11 nitrogen and oxygen atoms in total.